The van der Waals surface area contributed by atoms with Gasteiger partial charge in [0.2, 0.25) is 11.7 Å². The summed E-state index contributed by atoms with van der Waals surface area (Å²) in [5.74, 6) is -0.817. The minimum Gasteiger partial charge on any atom is -0.496 e. The molecule has 1 aromatic heterocycles. The lowest BCUT2D eigenvalue weighted by molar-refractivity contribution is -0.145. The molecular formula is C19H20F3N3O2. The van der Waals surface area contributed by atoms with E-state index in [1.54, 1.807) is 18.2 Å². The molecule has 8 heteroatoms. The molecule has 144 valence electrons. The molecule has 2 N–H and O–H groups in total. The third kappa shape index (κ3) is 4.56. The Bertz CT molecular complexity index is 818. The molecule has 0 spiro atoms. The molecule has 1 unspecified atom stereocenters. The summed E-state index contributed by atoms with van der Waals surface area (Å²) in [4.78, 5) is 18.8. The second-order valence-corrected chi connectivity index (χ2v) is 6.77. The summed E-state index contributed by atoms with van der Waals surface area (Å²) in [5, 5.41) is 0. The Morgan fingerprint density at radius 1 is 1.30 bits per heavy atom. The quantitative estimate of drug-likeness (QED) is 0.795. The Hall–Kier alpha value is -2.64. The predicted octanol–water partition coefficient (Wildman–Crippen LogP) is 3.73. The molecule has 1 aliphatic carbocycles. The molecule has 1 aromatic carbocycles. The van der Waals surface area contributed by atoms with Gasteiger partial charge in [0.25, 0.3) is 0 Å². The maximum Gasteiger partial charge on any atom is 0.451 e. The van der Waals surface area contributed by atoms with Crippen molar-refractivity contribution < 1.29 is 22.7 Å². The molecule has 2 aromatic rings. The van der Waals surface area contributed by atoms with Crippen molar-refractivity contribution in [1.29, 1.82) is 0 Å². The van der Waals surface area contributed by atoms with Crippen LogP contribution >= 0.6 is 0 Å². The maximum absolute atomic E-state index is 12.7. The smallest absolute Gasteiger partial charge is 0.451 e. The van der Waals surface area contributed by atoms with Crippen LogP contribution in [0.4, 0.5) is 13.2 Å². The Labute approximate surface area is 154 Å². The molecule has 1 fully saturated rings. The molecule has 0 radical (unpaired) electrons. The van der Waals surface area contributed by atoms with E-state index in [1.165, 1.54) is 19.5 Å². The summed E-state index contributed by atoms with van der Waals surface area (Å²) in [6, 6.07) is 5.04. The first-order valence-electron chi connectivity index (χ1n) is 8.64. The molecule has 1 atom stereocenters. The fraction of sp³-hybridized carbons (Fsp3) is 0.421. The first-order valence-corrected chi connectivity index (χ1v) is 8.64. The van der Waals surface area contributed by atoms with E-state index in [0.29, 0.717) is 34.8 Å². The Morgan fingerprint density at radius 2 is 1.96 bits per heavy atom. The highest BCUT2D eigenvalue weighted by atomic mass is 19.4. The van der Waals surface area contributed by atoms with Crippen LogP contribution < -0.4 is 10.5 Å². The molecule has 5 nitrogen and oxygen atoms in total. The van der Waals surface area contributed by atoms with Gasteiger partial charge in [-0.05, 0) is 42.4 Å². The van der Waals surface area contributed by atoms with Gasteiger partial charge in [0.1, 0.15) is 5.75 Å². The van der Waals surface area contributed by atoms with Crippen LogP contribution in [-0.4, -0.2) is 23.0 Å². The highest BCUT2D eigenvalue weighted by Crippen LogP contribution is 2.41. The number of ether oxygens (including phenoxy) is 1. The number of halogens is 3. The number of nitrogens with zero attached hydrogens (tertiary/aromatic N) is 2. The van der Waals surface area contributed by atoms with Gasteiger partial charge in [0, 0.05) is 23.5 Å². The first kappa shape index (κ1) is 19.1. The molecular weight excluding hydrogens is 359 g/mol. The normalized spacial score (nSPS) is 15.4. The van der Waals surface area contributed by atoms with Crippen molar-refractivity contribution in [3.63, 3.8) is 0 Å². The fourth-order valence-corrected chi connectivity index (χ4v) is 3.23. The van der Waals surface area contributed by atoms with E-state index in [-0.39, 0.29) is 5.92 Å². The molecule has 1 saturated carbocycles. The van der Waals surface area contributed by atoms with Gasteiger partial charge in [0.05, 0.1) is 7.11 Å². The summed E-state index contributed by atoms with van der Waals surface area (Å²) in [7, 11) is 1.50. The van der Waals surface area contributed by atoms with Crippen LogP contribution in [0.15, 0.2) is 30.6 Å². The van der Waals surface area contributed by atoms with Crippen molar-refractivity contribution in [2.24, 2.45) is 11.7 Å². The molecule has 3 rings (SSSR count). The molecule has 1 aliphatic rings. The highest BCUT2D eigenvalue weighted by molar-refractivity contribution is 5.95. The van der Waals surface area contributed by atoms with E-state index in [2.05, 4.69) is 9.97 Å². The van der Waals surface area contributed by atoms with Crippen molar-refractivity contribution in [1.82, 2.24) is 9.97 Å². The zero-order valence-corrected chi connectivity index (χ0v) is 14.8. The lowest BCUT2D eigenvalue weighted by atomic mass is 9.87. The molecule has 0 aliphatic heterocycles. The van der Waals surface area contributed by atoms with Crippen molar-refractivity contribution in [3.05, 3.63) is 53.1 Å². The van der Waals surface area contributed by atoms with Crippen LogP contribution in [0, 0.1) is 5.92 Å². The monoisotopic (exact) mass is 379 g/mol. The largest absolute Gasteiger partial charge is 0.496 e. The van der Waals surface area contributed by atoms with E-state index in [4.69, 9.17) is 10.5 Å². The number of methoxy groups -OCH3 is 1. The van der Waals surface area contributed by atoms with Gasteiger partial charge in [-0.3, -0.25) is 4.79 Å². The minimum absolute atomic E-state index is 0.130. The number of hydrogen-bond donors (Lipinski definition) is 1. The number of alkyl halides is 3. The third-order valence-electron chi connectivity index (χ3n) is 4.78. The van der Waals surface area contributed by atoms with Crippen molar-refractivity contribution in [2.45, 2.75) is 37.8 Å². The number of hydrogen-bond acceptors (Lipinski definition) is 4. The number of carbonyl (C=O) groups excluding carboxylic acids is 1. The Morgan fingerprint density at radius 3 is 2.48 bits per heavy atom. The van der Waals surface area contributed by atoms with E-state index in [0.717, 1.165) is 19.3 Å². The zero-order chi connectivity index (χ0) is 19.6. The average Bonchev–Trinajstić information content (AvgIpc) is 3.44. The number of primary amides is 1. The number of benzene rings is 1. The molecule has 0 bridgehead atoms. The van der Waals surface area contributed by atoms with E-state index in [1.807, 2.05) is 0 Å². The lowest BCUT2D eigenvalue weighted by Gasteiger charge is -2.20. The second kappa shape index (κ2) is 7.54. The maximum atomic E-state index is 12.7. The minimum atomic E-state index is -4.58. The number of nitrogens with two attached hydrogens (primary N) is 1. The lowest BCUT2D eigenvalue weighted by Crippen LogP contribution is -2.17. The highest BCUT2D eigenvalue weighted by Gasteiger charge is 2.35. The Kier molecular flexibility index (Phi) is 5.34. The van der Waals surface area contributed by atoms with E-state index >= 15 is 0 Å². The van der Waals surface area contributed by atoms with Crippen molar-refractivity contribution in [3.8, 4) is 5.75 Å². The third-order valence-corrected chi connectivity index (χ3v) is 4.78. The van der Waals surface area contributed by atoms with Crippen molar-refractivity contribution >= 4 is 5.91 Å². The summed E-state index contributed by atoms with van der Waals surface area (Å²) in [6.45, 7) is 0. The van der Waals surface area contributed by atoms with Crippen molar-refractivity contribution in [2.75, 3.05) is 7.11 Å². The van der Waals surface area contributed by atoms with Crippen LogP contribution in [0.2, 0.25) is 0 Å². The number of carbonyl (C=O) groups is 1. The van der Waals surface area contributed by atoms with Gasteiger partial charge < -0.3 is 10.5 Å². The summed E-state index contributed by atoms with van der Waals surface area (Å²) in [5.41, 5.74) is 7.10. The standard InChI is InChI=1S/C19H20F3N3O2/c1-27-16-4-2-3-14(17(23)26)15(16)8-12(7-11-5-6-11)13-9-24-18(25-10-13)19(20,21)22/h2-4,9-12H,5-8H2,1H3,(H2,23,26). The number of rotatable bonds is 7. The first-order chi connectivity index (χ1) is 12.8. The summed E-state index contributed by atoms with van der Waals surface area (Å²) >= 11 is 0. The molecule has 0 saturated heterocycles. The number of amides is 1. The van der Waals surface area contributed by atoms with Gasteiger partial charge in [-0.1, -0.05) is 18.9 Å². The second-order valence-electron chi connectivity index (χ2n) is 6.77. The fourth-order valence-electron chi connectivity index (χ4n) is 3.23. The van der Waals surface area contributed by atoms with Crippen LogP contribution in [0.25, 0.3) is 0 Å². The topological polar surface area (TPSA) is 78.1 Å². The van der Waals surface area contributed by atoms with E-state index in [9.17, 15) is 18.0 Å². The van der Waals surface area contributed by atoms with Gasteiger partial charge in [-0.15, -0.1) is 0 Å². The summed E-state index contributed by atoms with van der Waals surface area (Å²) < 4.78 is 43.6. The van der Waals surface area contributed by atoms with Crippen LogP contribution in [0.3, 0.4) is 0 Å². The zero-order valence-electron chi connectivity index (χ0n) is 14.8. The van der Waals surface area contributed by atoms with Gasteiger partial charge in [-0.2, -0.15) is 13.2 Å². The van der Waals surface area contributed by atoms with Crippen LogP contribution in [0.1, 0.15) is 52.5 Å². The van der Waals surface area contributed by atoms with Crippen LogP contribution in [0.5, 0.6) is 5.75 Å². The SMILES string of the molecule is COc1cccc(C(N)=O)c1CC(CC1CC1)c1cnc(C(F)(F)F)nc1. The van der Waals surface area contributed by atoms with Gasteiger partial charge in [0.15, 0.2) is 0 Å². The van der Waals surface area contributed by atoms with Gasteiger partial charge in [-0.25, -0.2) is 9.97 Å². The van der Waals surface area contributed by atoms with E-state index < -0.39 is 17.9 Å². The number of aromatic nitrogens is 2. The Balaban J connectivity index is 1.94. The summed E-state index contributed by atoms with van der Waals surface area (Å²) in [6.07, 6.45) is 1.24. The molecule has 1 amide bonds. The molecule has 27 heavy (non-hydrogen) atoms. The van der Waals surface area contributed by atoms with Gasteiger partial charge >= 0.3 is 6.18 Å². The van der Waals surface area contributed by atoms with Crippen LogP contribution in [-0.2, 0) is 12.6 Å². The average molecular weight is 379 g/mol. The predicted molar refractivity (Wildman–Crippen MR) is 92.3 cm³/mol. The molecule has 1 heterocycles.